The lowest BCUT2D eigenvalue weighted by molar-refractivity contribution is 0.108. The summed E-state index contributed by atoms with van der Waals surface area (Å²) in [6.45, 7) is 6.92. The molecule has 0 amide bonds. The Kier molecular flexibility index (Phi) is 6.22. The largest absolute Gasteiger partial charge is 0.461 e. The molecule has 2 aromatic heterocycles. The molecule has 5 heterocycles. The van der Waals surface area contributed by atoms with Crippen LogP contribution in [0.3, 0.4) is 0 Å². The predicted molar refractivity (Wildman–Crippen MR) is 148 cm³/mol. The fraction of sp³-hybridized carbons (Fsp3) is 0.581. The summed E-state index contributed by atoms with van der Waals surface area (Å²) in [4.78, 5) is 19.3. The number of pyridine rings is 1. The van der Waals surface area contributed by atoms with Gasteiger partial charge < -0.3 is 9.64 Å². The molecule has 0 spiro atoms. The lowest BCUT2D eigenvalue weighted by Gasteiger charge is -2.34. The van der Waals surface area contributed by atoms with E-state index in [-0.39, 0.29) is 11.4 Å². The van der Waals surface area contributed by atoms with Gasteiger partial charge in [0.25, 0.3) is 0 Å². The molecule has 7 heteroatoms. The van der Waals surface area contributed by atoms with Crippen molar-refractivity contribution in [2.75, 3.05) is 37.7 Å². The van der Waals surface area contributed by atoms with E-state index in [4.69, 9.17) is 14.7 Å². The molecule has 4 aliphatic rings. The van der Waals surface area contributed by atoms with Gasteiger partial charge in [-0.1, -0.05) is 37.6 Å². The number of ether oxygens (including phenoxy) is 1. The zero-order valence-corrected chi connectivity index (χ0v) is 22.5. The average Bonchev–Trinajstić information content (AvgIpc) is 3.62. The first-order valence-corrected chi connectivity index (χ1v) is 14.7. The Morgan fingerprint density at radius 2 is 1.82 bits per heavy atom. The molecule has 3 aromatic rings. The second kappa shape index (κ2) is 9.74. The molecule has 2 bridgehead atoms. The highest BCUT2D eigenvalue weighted by atomic mass is 19.1. The maximum atomic E-state index is 16.4. The van der Waals surface area contributed by atoms with Gasteiger partial charge in [-0.3, -0.25) is 9.88 Å². The highest BCUT2D eigenvalue weighted by Gasteiger charge is 2.45. The van der Waals surface area contributed by atoms with Crippen LogP contribution < -0.4 is 9.64 Å². The van der Waals surface area contributed by atoms with Crippen molar-refractivity contribution in [2.24, 2.45) is 11.8 Å². The zero-order chi connectivity index (χ0) is 25.7. The van der Waals surface area contributed by atoms with Crippen molar-refractivity contribution in [1.82, 2.24) is 19.9 Å². The third-order valence-electron chi connectivity index (χ3n) is 9.62. The highest BCUT2D eigenvalue weighted by molar-refractivity contribution is 5.92. The van der Waals surface area contributed by atoms with E-state index in [1.165, 1.54) is 32.1 Å². The van der Waals surface area contributed by atoms with Crippen LogP contribution in [-0.2, 0) is 6.42 Å². The number of benzene rings is 1. The number of nitrogens with zero attached hydrogens (tertiary/aromatic N) is 5. The van der Waals surface area contributed by atoms with Gasteiger partial charge in [0.2, 0.25) is 0 Å². The molecule has 1 saturated carbocycles. The molecule has 200 valence electrons. The first kappa shape index (κ1) is 24.3. The van der Waals surface area contributed by atoms with Crippen LogP contribution in [0.2, 0.25) is 0 Å². The summed E-state index contributed by atoms with van der Waals surface area (Å²) in [6, 6.07) is 8.31. The Bertz CT molecular complexity index is 1320. The smallest absolute Gasteiger partial charge is 0.319 e. The quantitative estimate of drug-likeness (QED) is 0.383. The second-order valence-corrected chi connectivity index (χ2v) is 12.1. The van der Waals surface area contributed by atoms with Crippen LogP contribution in [-0.4, -0.2) is 58.2 Å². The van der Waals surface area contributed by atoms with Gasteiger partial charge in [0, 0.05) is 24.8 Å². The molecule has 0 N–H and O–H groups in total. The molecule has 7 rings (SSSR count). The minimum absolute atomic E-state index is 0.0871. The van der Waals surface area contributed by atoms with Gasteiger partial charge in [-0.25, -0.2) is 4.39 Å². The van der Waals surface area contributed by atoms with Gasteiger partial charge in [-0.05, 0) is 81.9 Å². The monoisotopic (exact) mass is 515 g/mol. The lowest BCUT2D eigenvalue weighted by atomic mass is 9.95. The van der Waals surface area contributed by atoms with Crippen molar-refractivity contribution in [3.63, 3.8) is 0 Å². The Balaban J connectivity index is 1.31. The Hall–Kier alpha value is -2.80. The van der Waals surface area contributed by atoms with Gasteiger partial charge in [-0.2, -0.15) is 9.97 Å². The fourth-order valence-electron chi connectivity index (χ4n) is 7.79. The second-order valence-electron chi connectivity index (χ2n) is 12.1. The molecule has 38 heavy (non-hydrogen) atoms. The molecular formula is C31H38FN5O. The third-order valence-corrected chi connectivity index (χ3v) is 9.62. The summed E-state index contributed by atoms with van der Waals surface area (Å²) in [5.74, 6) is 1.78. The summed E-state index contributed by atoms with van der Waals surface area (Å²) in [6.07, 6.45) is 12.2. The van der Waals surface area contributed by atoms with Crippen molar-refractivity contribution in [2.45, 2.75) is 70.3 Å². The maximum Gasteiger partial charge on any atom is 0.319 e. The maximum absolute atomic E-state index is 16.4. The van der Waals surface area contributed by atoms with Crippen molar-refractivity contribution in [3.05, 3.63) is 41.8 Å². The lowest BCUT2D eigenvalue weighted by Crippen LogP contribution is -2.43. The molecular weight excluding hydrogens is 477 g/mol. The van der Waals surface area contributed by atoms with Crippen LogP contribution in [0.25, 0.3) is 22.2 Å². The SMILES string of the molecule is CCCc1ccccc1-c1ncc2c(N3CC4CCC(C4)C3)nc(OCC34CCCN3CCC4)nc2c1F. The molecule has 3 saturated heterocycles. The summed E-state index contributed by atoms with van der Waals surface area (Å²) in [5, 5.41) is 0.689. The standard InChI is InChI=1S/C31H38FN5O/c1-2-7-23-8-3-4-9-24(23)27-26(32)28-25(17-33-27)29(36-18-21-10-11-22(16-21)19-36)35-30(34-28)38-20-31-12-5-14-37(31)15-6-13-31/h3-4,8-9,17,21-22H,2,5-7,10-16,18-20H2,1H3. The van der Waals surface area contributed by atoms with Crippen LogP contribution in [0.5, 0.6) is 6.01 Å². The van der Waals surface area contributed by atoms with Gasteiger partial charge in [0.05, 0.1) is 10.9 Å². The summed E-state index contributed by atoms with van der Waals surface area (Å²) < 4.78 is 22.8. The van der Waals surface area contributed by atoms with E-state index >= 15 is 4.39 Å². The molecule has 4 fully saturated rings. The third kappa shape index (κ3) is 4.14. The molecule has 2 unspecified atom stereocenters. The van der Waals surface area contributed by atoms with Crippen LogP contribution in [0, 0.1) is 17.7 Å². The fourth-order valence-corrected chi connectivity index (χ4v) is 7.79. The van der Waals surface area contributed by atoms with E-state index < -0.39 is 0 Å². The van der Waals surface area contributed by atoms with Gasteiger partial charge in [0.1, 0.15) is 23.6 Å². The Labute approximate surface area is 224 Å². The van der Waals surface area contributed by atoms with E-state index in [9.17, 15) is 0 Å². The summed E-state index contributed by atoms with van der Waals surface area (Å²) in [5.41, 5.74) is 2.74. The first-order chi connectivity index (χ1) is 18.6. The number of halogens is 1. The number of anilines is 1. The first-order valence-electron chi connectivity index (χ1n) is 14.7. The number of hydrogen-bond acceptors (Lipinski definition) is 6. The Morgan fingerprint density at radius 1 is 1.05 bits per heavy atom. The van der Waals surface area contributed by atoms with Gasteiger partial charge in [0.15, 0.2) is 5.82 Å². The molecule has 0 radical (unpaired) electrons. The summed E-state index contributed by atoms with van der Waals surface area (Å²) in [7, 11) is 0. The average molecular weight is 516 g/mol. The van der Waals surface area contributed by atoms with Crippen LogP contribution >= 0.6 is 0 Å². The number of aryl methyl sites for hydroxylation is 1. The van der Waals surface area contributed by atoms with Gasteiger partial charge >= 0.3 is 6.01 Å². The van der Waals surface area contributed by atoms with Crippen LogP contribution in [0.1, 0.15) is 63.9 Å². The van der Waals surface area contributed by atoms with E-state index in [2.05, 4.69) is 27.8 Å². The Morgan fingerprint density at radius 3 is 2.58 bits per heavy atom. The minimum atomic E-state index is -0.374. The van der Waals surface area contributed by atoms with E-state index in [1.54, 1.807) is 6.20 Å². The molecule has 3 aliphatic heterocycles. The number of fused-ring (bicyclic) bond motifs is 4. The molecule has 1 aliphatic carbocycles. The molecule has 2 atom stereocenters. The number of hydrogen-bond donors (Lipinski definition) is 0. The topological polar surface area (TPSA) is 54.4 Å². The minimum Gasteiger partial charge on any atom is -0.461 e. The van der Waals surface area contributed by atoms with Crippen molar-refractivity contribution >= 4 is 16.7 Å². The van der Waals surface area contributed by atoms with Crippen molar-refractivity contribution in [1.29, 1.82) is 0 Å². The van der Waals surface area contributed by atoms with E-state index in [0.717, 1.165) is 68.8 Å². The zero-order valence-electron chi connectivity index (χ0n) is 22.5. The van der Waals surface area contributed by atoms with Crippen molar-refractivity contribution in [3.8, 4) is 17.3 Å². The molecule has 6 nitrogen and oxygen atoms in total. The number of aromatic nitrogens is 3. The number of piperidine rings is 1. The molecule has 1 aromatic carbocycles. The normalized spacial score (nSPS) is 24.3. The van der Waals surface area contributed by atoms with E-state index in [0.29, 0.717) is 41.1 Å². The van der Waals surface area contributed by atoms with Gasteiger partial charge in [-0.15, -0.1) is 0 Å². The summed E-state index contributed by atoms with van der Waals surface area (Å²) >= 11 is 0. The van der Waals surface area contributed by atoms with Crippen LogP contribution in [0.15, 0.2) is 30.5 Å². The highest BCUT2D eigenvalue weighted by Crippen LogP contribution is 2.42. The van der Waals surface area contributed by atoms with E-state index in [1.807, 2.05) is 18.2 Å². The predicted octanol–water partition coefficient (Wildman–Crippen LogP) is 6.03. The van der Waals surface area contributed by atoms with Crippen molar-refractivity contribution < 1.29 is 9.13 Å². The number of rotatable bonds is 7. The van der Waals surface area contributed by atoms with Crippen LogP contribution in [0.4, 0.5) is 10.2 Å².